The normalized spacial score (nSPS) is 23.6. The average molecular weight is 1250 g/mol. The van der Waals surface area contributed by atoms with Gasteiger partial charge in [0.05, 0.1) is 68.9 Å². The predicted molar refractivity (Wildman–Crippen MR) is 297 cm³/mol. The molecule has 0 saturated carbocycles. The maximum Gasteiger partial charge on any atom is 0.359 e. The van der Waals surface area contributed by atoms with Gasteiger partial charge in [-0.15, -0.1) is 0 Å². The summed E-state index contributed by atoms with van der Waals surface area (Å²) in [6.45, 7) is 1.86. The lowest BCUT2D eigenvalue weighted by molar-refractivity contribution is -0.271. The van der Waals surface area contributed by atoms with Crippen LogP contribution in [0.4, 0.5) is 23.4 Å². The van der Waals surface area contributed by atoms with Crippen LogP contribution in [0, 0.1) is 5.92 Å². The molecule has 0 spiro atoms. The van der Waals surface area contributed by atoms with Gasteiger partial charge in [0.25, 0.3) is 17.8 Å². The van der Waals surface area contributed by atoms with Crippen LogP contribution < -0.4 is 39.5 Å². The van der Waals surface area contributed by atoms with Crippen molar-refractivity contribution in [1.82, 2.24) is 83.4 Å². The topological polar surface area (TPSA) is 634 Å². The summed E-state index contributed by atoms with van der Waals surface area (Å²) >= 11 is 0. The number of imidazole rings is 3. The molecule has 480 valence electrons. The van der Waals surface area contributed by atoms with E-state index >= 15 is 0 Å². The molecule has 89 heavy (non-hydrogen) atoms. The van der Waals surface area contributed by atoms with Crippen LogP contribution in [-0.2, 0) is 38.4 Å². The molecule has 3 saturated heterocycles. The minimum atomic E-state index is -1.37. The molecule has 3 fully saturated rings. The zero-order chi connectivity index (χ0) is 65.1. The molecule has 8 aromatic rings. The molecular weight excluding hydrogens is 1190 g/mol. The zero-order valence-electron chi connectivity index (χ0n) is 47.2. The quantitative estimate of drug-likeness (QED) is 0.0107. The number of amides is 1. The van der Waals surface area contributed by atoms with Crippen molar-refractivity contribution in [2.75, 3.05) is 63.1 Å². The summed E-state index contributed by atoms with van der Waals surface area (Å²) in [6, 6.07) is 0. The van der Waals surface area contributed by atoms with E-state index in [9.17, 15) is 64.8 Å². The Balaban J connectivity index is 0.000000175. The third-order valence-corrected chi connectivity index (χ3v) is 13.1. The van der Waals surface area contributed by atoms with E-state index in [1.54, 1.807) is 6.92 Å². The Morgan fingerprint density at radius 2 is 1.00 bits per heavy atom. The van der Waals surface area contributed by atoms with Gasteiger partial charge < -0.3 is 98.0 Å². The van der Waals surface area contributed by atoms with Gasteiger partial charge in [-0.3, -0.25) is 33.6 Å². The van der Waals surface area contributed by atoms with Gasteiger partial charge >= 0.3 is 5.97 Å². The van der Waals surface area contributed by atoms with Crippen molar-refractivity contribution in [2.24, 2.45) is 17.5 Å². The number of nitrogens with zero attached hydrogens (tertiary/aromatic N) is 16. The lowest BCUT2D eigenvalue weighted by Gasteiger charge is -2.16. The van der Waals surface area contributed by atoms with Crippen LogP contribution in [0.5, 0.6) is 0 Å². The molecule has 0 radical (unpaired) electrons. The monoisotopic (exact) mass is 1250 g/mol. The van der Waals surface area contributed by atoms with Gasteiger partial charge in [0.15, 0.2) is 64.8 Å². The Morgan fingerprint density at radius 1 is 0.618 bits per heavy atom. The number of rotatable bonds is 16. The minimum Gasteiger partial charge on any atom is -0.394 e. The first-order valence-corrected chi connectivity index (χ1v) is 26.2. The Bertz CT molecular complexity index is 3740. The first-order valence-electron chi connectivity index (χ1n) is 26.2. The lowest BCUT2D eigenvalue weighted by atomic mass is 10.1. The van der Waals surface area contributed by atoms with E-state index in [0.717, 1.165) is 0 Å². The summed E-state index contributed by atoms with van der Waals surface area (Å²) in [7, 11) is 3.00. The Kier molecular flexibility index (Phi) is 22.3. The number of hydrazine groups is 1. The Labute approximate surface area is 498 Å². The molecule has 21 N–H and O–H groups in total. The fourth-order valence-corrected chi connectivity index (χ4v) is 8.57. The molecule has 3 aliphatic heterocycles. The average Bonchev–Trinajstić information content (AvgIpc) is 1.68. The molecule has 3 unspecified atom stereocenters. The third-order valence-electron chi connectivity index (χ3n) is 13.1. The number of nitrogen functional groups attached to an aromatic ring is 4. The molecule has 42 nitrogen and oxygen atoms in total. The van der Waals surface area contributed by atoms with Crippen LogP contribution in [-0.4, -0.2) is 250 Å². The standard InChI is InChI=1S/C15H18N8O5.C15H17N7O5.C10H15N7O4.C6H8O5.CH5N/c1-17-13(27)6-2-19-23(3-6)15-20-11(16)8-12(21-15)22(5-18-8)14-10(26)9(25)7(4-24)28-14;1-6(24)7-2-18-22(3-7)15-19-12(16)9-13(20-15)21(5-17-9)14-11(26)10(25)8(4-23)27-14;11-7-4-8(15-10(14-7)16-12)17(2-13-4)9-6(20)5(19)3(1-18)21-9;1-2-10-11-6(9)5(3-7)4-8;1-2/h2-3,5,7,9-10,14,24-26H,4H2,1H3,(H,17,27)(H2,16,20,21);2-3,5,8,10-11,14,23,25-26H,4H2,1H3,(H2,16,19,20);2-3,5-6,9,18-20H,1,12H2,(H3,11,14,15,16);3-5H,2H2,1H3;2H2,1H3/t7-,9-,10-,14?;8-,10-,11-,14?;3-,5-,6-,9?;;/m111../s1. The first kappa shape index (κ1) is 67.1. The van der Waals surface area contributed by atoms with Crippen molar-refractivity contribution in [3.05, 3.63) is 54.9 Å². The second-order valence-corrected chi connectivity index (χ2v) is 18.6. The van der Waals surface area contributed by atoms with Crippen LogP contribution in [0.15, 0.2) is 43.8 Å². The van der Waals surface area contributed by atoms with Crippen LogP contribution in [0.3, 0.4) is 0 Å². The van der Waals surface area contributed by atoms with E-state index in [1.165, 1.54) is 87.9 Å². The van der Waals surface area contributed by atoms with Crippen LogP contribution in [0.25, 0.3) is 45.4 Å². The fraction of sp³-hybridized carbons (Fsp3) is 0.447. The fourth-order valence-electron chi connectivity index (χ4n) is 8.57. The summed E-state index contributed by atoms with van der Waals surface area (Å²) in [5.41, 5.74) is 26.7. The third kappa shape index (κ3) is 14.0. The number of aromatic nitrogens is 16. The number of nitrogens with one attached hydrogen (secondary N) is 2. The van der Waals surface area contributed by atoms with Gasteiger partial charge in [-0.2, -0.15) is 45.0 Å². The number of ketones is 1. The molecule has 11 heterocycles. The summed E-state index contributed by atoms with van der Waals surface area (Å²) < 4.78 is 23.2. The number of aliphatic hydroxyl groups is 9. The molecule has 3 aliphatic rings. The number of hydrogen-bond donors (Lipinski definition) is 16. The van der Waals surface area contributed by atoms with Crippen molar-refractivity contribution in [3.63, 3.8) is 0 Å². The van der Waals surface area contributed by atoms with Gasteiger partial charge in [-0.05, 0) is 20.9 Å². The number of anilines is 4. The van der Waals surface area contributed by atoms with Crippen molar-refractivity contribution < 1.29 is 93.9 Å². The molecule has 1 amide bonds. The molecular formula is C47H63N23O19. The first-order chi connectivity index (χ1) is 42.7. The van der Waals surface area contributed by atoms with Crippen LogP contribution >= 0.6 is 0 Å². The number of aliphatic hydroxyl groups excluding tert-OH is 9. The van der Waals surface area contributed by atoms with E-state index in [1.807, 2.05) is 0 Å². The van der Waals surface area contributed by atoms with Gasteiger partial charge in [0, 0.05) is 19.4 Å². The summed E-state index contributed by atoms with van der Waals surface area (Å²) in [5, 5.41) is 98.5. The minimum absolute atomic E-state index is 0.0579. The van der Waals surface area contributed by atoms with Crippen molar-refractivity contribution in [1.29, 1.82) is 0 Å². The molecule has 42 heteroatoms. The maximum absolute atomic E-state index is 11.7. The van der Waals surface area contributed by atoms with E-state index < -0.39 is 105 Å². The van der Waals surface area contributed by atoms with E-state index in [2.05, 4.69) is 81.3 Å². The lowest BCUT2D eigenvalue weighted by Crippen LogP contribution is -2.33. The van der Waals surface area contributed by atoms with E-state index in [4.69, 9.17) is 42.4 Å². The Hall–Kier alpha value is -9.38. The molecule has 0 aromatic carbocycles. The molecule has 12 atom stereocenters. The summed E-state index contributed by atoms with van der Waals surface area (Å²) in [6.07, 6.45) is -3.31. The Morgan fingerprint density at radius 3 is 1.34 bits per heavy atom. The number of carbonyl (C=O) groups is 5. The smallest absolute Gasteiger partial charge is 0.359 e. The highest BCUT2D eigenvalue weighted by atomic mass is 17.2. The molecule has 0 aliphatic carbocycles. The van der Waals surface area contributed by atoms with Crippen molar-refractivity contribution >= 4 is 87.1 Å². The molecule has 0 bridgehead atoms. The highest BCUT2D eigenvalue weighted by Crippen LogP contribution is 2.35. The van der Waals surface area contributed by atoms with Gasteiger partial charge in [0.1, 0.15) is 84.1 Å². The van der Waals surface area contributed by atoms with Crippen LogP contribution in [0.1, 0.15) is 53.2 Å². The number of Topliss-reactive ketones (excluding diaryl/α,β-unsaturated/α-hetero) is 1. The largest absolute Gasteiger partial charge is 0.394 e. The highest BCUT2D eigenvalue weighted by molar-refractivity contribution is 6.02. The second-order valence-electron chi connectivity index (χ2n) is 18.6. The number of nitrogens with two attached hydrogens (primary N) is 5. The van der Waals surface area contributed by atoms with Gasteiger partial charge in [-0.25, -0.2) is 35.0 Å². The number of hydrogen-bond acceptors (Lipinski definition) is 36. The SMILES string of the molecule is CC(=O)c1cnn(-c2nc(N)c3ncn(C4O[C@H](CO)[C@@H](O)[C@H]4O)c3n2)c1.CCOOC(=O)C(C=O)C=O.CN.CNC(=O)c1cnn(-c2nc(N)c3ncn(C4O[C@H](CO)[C@@H](O)[C@H]4O)c3n2)c1.NNc1nc(N)c2ncn(C3O[C@H](CO)[C@@H](O)[C@H]3O)c2n1. The van der Waals surface area contributed by atoms with Gasteiger partial charge in [0.2, 0.25) is 5.95 Å². The van der Waals surface area contributed by atoms with Crippen molar-refractivity contribution in [2.45, 2.75) is 87.5 Å². The summed E-state index contributed by atoms with van der Waals surface area (Å²) in [4.78, 5) is 99.2. The number of carbonyl (C=O) groups excluding carboxylic acids is 5. The molecule has 11 rings (SSSR count). The van der Waals surface area contributed by atoms with E-state index in [0.29, 0.717) is 16.6 Å². The second kappa shape index (κ2) is 29.5. The van der Waals surface area contributed by atoms with Crippen molar-refractivity contribution in [3.8, 4) is 11.9 Å². The number of aldehydes is 2. The highest BCUT2D eigenvalue weighted by Gasteiger charge is 2.46. The zero-order valence-corrected chi connectivity index (χ0v) is 47.2. The number of fused-ring (bicyclic) bond motifs is 3. The number of ether oxygens (including phenoxy) is 3. The summed E-state index contributed by atoms with van der Waals surface area (Å²) in [5.74, 6) is 2.91. The van der Waals surface area contributed by atoms with Gasteiger partial charge in [-0.1, -0.05) is 0 Å². The molecule has 8 aromatic heterocycles. The van der Waals surface area contributed by atoms with Crippen LogP contribution in [0.2, 0.25) is 0 Å². The van der Waals surface area contributed by atoms with E-state index in [-0.39, 0.29) is 94.1 Å². The predicted octanol–water partition coefficient (Wildman–Crippen LogP) is -7.65. The maximum atomic E-state index is 11.7.